The third-order valence-corrected chi connectivity index (χ3v) is 4.20. The molecule has 0 fully saturated rings. The number of H-pyrrole nitrogens is 1. The Kier molecular flexibility index (Phi) is 4.20. The lowest BCUT2D eigenvalue weighted by molar-refractivity contribution is 1.22. The van der Waals surface area contributed by atoms with Gasteiger partial charge in [0, 0.05) is 11.3 Å². The fraction of sp³-hybridized carbons (Fsp3) is 0. The van der Waals surface area contributed by atoms with Crippen molar-refractivity contribution < 1.29 is 0 Å². The summed E-state index contributed by atoms with van der Waals surface area (Å²) in [7, 11) is 0. The zero-order chi connectivity index (χ0) is 16.4. The summed E-state index contributed by atoms with van der Waals surface area (Å²) in [5, 5.41) is 10.1. The Labute approximate surface area is 142 Å². The van der Waals surface area contributed by atoms with Crippen molar-refractivity contribution in [1.82, 2.24) is 4.98 Å². The number of hydrogen-bond acceptors (Lipinski definition) is 2. The SMILES string of the molecule is N#Cc1c(-c2ccc(Cl)c(Cl)c2)cc(-c2ccccc2)[nH]c1=O. The quantitative estimate of drug-likeness (QED) is 0.722. The molecule has 0 saturated heterocycles. The second-order valence-electron chi connectivity index (χ2n) is 4.91. The summed E-state index contributed by atoms with van der Waals surface area (Å²) in [5.74, 6) is 0. The summed E-state index contributed by atoms with van der Waals surface area (Å²) in [5.41, 5.74) is 2.29. The molecule has 0 aliphatic carbocycles. The largest absolute Gasteiger partial charge is 0.321 e. The molecule has 3 nitrogen and oxygen atoms in total. The highest BCUT2D eigenvalue weighted by atomic mass is 35.5. The molecule has 2 aromatic carbocycles. The van der Waals surface area contributed by atoms with Gasteiger partial charge in [0.15, 0.2) is 0 Å². The molecule has 0 spiro atoms. The average Bonchev–Trinajstić information content (AvgIpc) is 2.57. The van der Waals surface area contributed by atoms with Crippen LogP contribution >= 0.6 is 23.2 Å². The molecule has 3 rings (SSSR count). The first-order chi connectivity index (χ1) is 11.1. The van der Waals surface area contributed by atoms with Crippen LogP contribution in [0.2, 0.25) is 10.0 Å². The zero-order valence-electron chi connectivity index (χ0n) is 11.8. The van der Waals surface area contributed by atoms with Gasteiger partial charge in [-0.15, -0.1) is 0 Å². The maximum atomic E-state index is 12.3. The van der Waals surface area contributed by atoms with Gasteiger partial charge < -0.3 is 4.98 Å². The number of benzene rings is 2. The van der Waals surface area contributed by atoms with Crippen LogP contribution in [0.25, 0.3) is 22.4 Å². The van der Waals surface area contributed by atoms with Crippen molar-refractivity contribution in [2.24, 2.45) is 0 Å². The minimum atomic E-state index is -0.435. The number of aromatic nitrogens is 1. The number of hydrogen-bond donors (Lipinski definition) is 1. The molecule has 5 heteroatoms. The minimum absolute atomic E-state index is 0.0445. The highest BCUT2D eigenvalue weighted by molar-refractivity contribution is 6.42. The van der Waals surface area contributed by atoms with Gasteiger partial charge in [0.2, 0.25) is 0 Å². The summed E-state index contributed by atoms with van der Waals surface area (Å²) < 4.78 is 0. The lowest BCUT2D eigenvalue weighted by atomic mass is 9.99. The molecule has 112 valence electrons. The minimum Gasteiger partial charge on any atom is -0.321 e. The lowest BCUT2D eigenvalue weighted by Crippen LogP contribution is -2.12. The molecule has 1 heterocycles. The topological polar surface area (TPSA) is 56.6 Å². The van der Waals surface area contributed by atoms with Gasteiger partial charge in [-0.2, -0.15) is 5.26 Å². The van der Waals surface area contributed by atoms with E-state index >= 15 is 0 Å². The van der Waals surface area contributed by atoms with Crippen LogP contribution in [0.4, 0.5) is 0 Å². The summed E-state index contributed by atoms with van der Waals surface area (Å²) in [6.07, 6.45) is 0. The normalized spacial score (nSPS) is 10.3. The smallest absolute Gasteiger partial charge is 0.266 e. The molecule has 0 unspecified atom stereocenters. The van der Waals surface area contributed by atoms with Crippen molar-refractivity contribution in [1.29, 1.82) is 5.26 Å². The third kappa shape index (κ3) is 3.00. The number of halogens is 2. The summed E-state index contributed by atoms with van der Waals surface area (Å²) in [6, 6.07) is 18.2. The first-order valence-corrected chi connectivity index (χ1v) is 7.54. The van der Waals surface area contributed by atoms with Crippen LogP contribution in [0.5, 0.6) is 0 Å². The summed E-state index contributed by atoms with van der Waals surface area (Å²) >= 11 is 12.0. The monoisotopic (exact) mass is 340 g/mol. The molecule has 0 saturated carbocycles. The van der Waals surface area contributed by atoms with Gasteiger partial charge in [0.25, 0.3) is 5.56 Å². The number of nitrogens with one attached hydrogen (secondary N) is 1. The standard InChI is InChI=1S/C18H10Cl2N2O/c19-15-7-6-12(8-16(15)20)13-9-17(11-4-2-1-3-5-11)22-18(23)14(13)10-21/h1-9H,(H,22,23). The molecular weight excluding hydrogens is 331 g/mol. The summed E-state index contributed by atoms with van der Waals surface area (Å²) in [6.45, 7) is 0. The van der Waals surface area contributed by atoms with Crippen LogP contribution in [0, 0.1) is 11.3 Å². The molecule has 0 aliphatic rings. The van der Waals surface area contributed by atoms with Gasteiger partial charge in [0.1, 0.15) is 11.6 Å². The molecular formula is C18H10Cl2N2O. The van der Waals surface area contributed by atoms with E-state index in [1.165, 1.54) is 0 Å². The van der Waals surface area contributed by atoms with E-state index in [-0.39, 0.29) is 5.56 Å². The molecule has 0 aliphatic heterocycles. The van der Waals surface area contributed by atoms with Crippen molar-refractivity contribution in [2.75, 3.05) is 0 Å². The van der Waals surface area contributed by atoms with Crippen LogP contribution in [-0.4, -0.2) is 4.98 Å². The summed E-state index contributed by atoms with van der Waals surface area (Å²) in [4.78, 5) is 15.0. The molecule has 3 aromatic rings. The molecule has 23 heavy (non-hydrogen) atoms. The number of rotatable bonds is 2. The van der Waals surface area contributed by atoms with Gasteiger partial charge in [-0.05, 0) is 29.3 Å². The van der Waals surface area contributed by atoms with E-state index in [9.17, 15) is 10.1 Å². The zero-order valence-corrected chi connectivity index (χ0v) is 13.3. The Morgan fingerprint density at radius 3 is 2.30 bits per heavy atom. The Morgan fingerprint density at radius 1 is 0.913 bits per heavy atom. The van der Waals surface area contributed by atoms with Crippen LogP contribution in [0.1, 0.15) is 5.56 Å². The Morgan fingerprint density at radius 2 is 1.65 bits per heavy atom. The van der Waals surface area contributed by atoms with Gasteiger partial charge in [0.05, 0.1) is 10.0 Å². The first kappa shape index (κ1) is 15.4. The van der Waals surface area contributed by atoms with Gasteiger partial charge in [-0.25, -0.2) is 0 Å². The number of pyridine rings is 1. The van der Waals surface area contributed by atoms with E-state index < -0.39 is 5.56 Å². The fourth-order valence-corrected chi connectivity index (χ4v) is 2.63. The molecule has 0 radical (unpaired) electrons. The van der Waals surface area contributed by atoms with Crippen LogP contribution in [0.3, 0.4) is 0 Å². The van der Waals surface area contributed by atoms with Crippen LogP contribution in [0.15, 0.2) is 59.4 Å². The Balaban J connectivity index is 2.27. The predicted octanol–water partition coefficient (Wildman–Crippen LogP) is 4.89. The Hall–Kier alpha value is -2.54. The highest BCUT2D eigenvalue weighted by Crippen LogP contribution is 2.31. The van der Waals surface area contributed by atoms with E-state index in [1.807, 2.05) is 36.4 Å². The molecule has 1 aromatic heterocycles. The van der Waals surface area contributed by atoms with E-state index in [0.29, 0.717) is 26.9 Å². The highest BCUT2D eigenvalue weighted by Gasteiger charge is 2.13. The van der Waals surface area contributed by atoms with Crippen LogP contribution in [-0.2, 0) is 0 Å². The van der Waals surface area contributed by atoms with E-state index in [4.69, 9.17) is 23.2 Å². The maximum Gasteiger partial charge on any atom is 0.266 e. The first-order valence-electron chi connectivity index (χ1n) is 6.78. The van der Waals surface area contributed by atoms with Crippen molar-refractivity contribution in [3.63, 3.8) is 0 Å². The van der Waals surface area contributed by atoms with Gasteiger partial charge in [-0.1, -0.05) is 59.6 Å². The fourth-order valence-electron chi connectivity index (χ4n) is 2.34. The molecule has 0 atom stereocenters. The number of nitrogens with zero attached hydrogens (tertiary/aromatic N) is 1. The van der Waals surface area contributed by atoms with Crippen molar-refractivity contribution >= 4 is 23.2 Å². The van der Waals surface area contributed by atoms with Crippen molar-refractivity contribution in [3.05, 3.63) is 80.6 Å². The Bertz CT molecular complexity index is 973. The van der Waals surface area contributed by atoms with E-state index in [1.54, 1.807) is 24.3 Å². The predicted molar refractivity (Wildman–Crippen MR) is 92.7 cm³/mol. The average molecular weight is 341 g/mol. The van der Waals surface area contributed by atoms with E-state index in [0.717, 1.165) is 5.56 Å². The van der Waals surface area contributed by atoms with Gasteiger partial charge in [-0.3, -0.25) is 4.79 Å². The second kappa shape index (κ2) is 6.29. The van der Waals surface area contributed by atoms with Crippen molar-refractivity contribution in [2.45, 2.75) is 0 Å². The molecule has 0 bridgehead atoms. The van der Waals surface area contributed by atoms with Crippen molar-refractivity contribution in [3.8, 4) is 28.5 Å². The molecule has 0 amide bonds. The number of nitriles is 1. The van der Waals surface area contributed by atoms with Gasteiger partial charge >= 0.3 is 0 Å². The second-order valence-corrected chi connectivity index (χ2v) is 5.72. The van der Waals surface area contributed by atoms with E-state index in [2.05, 4.69) is 4.98 Å². The molecule has 1 N–H and O–H groups in total. The number of aromatic amines is 1. The maximum absolute atomic E-state index is 12.3. The van der Waals surface area contributed by atoms with Crippen LogP contribution < -0.4 is 5.56 Å². The third-order valence-electron chi connectivity index (χ3n) is 3.46. The lowest BCUT2D eigenvalue weighted by Gasteiger charge is -2.09.